The van der Waals surface area contributed by atoms with E-state index in [0.717, 1.165) is 0 Å². The molecule has 0 saturated carbocycles. The lowest BCUT2D eigenvalue weighted by Gasteiger charge is -2.28. The Morgan fingerprint density at radius 1 is 0.917 bits per heavy atom. The number of rotatable bonds is 13. The van der Waals surface area contributed by atoms with Crippen LogP contribution in [0.4, 0.5) is 4.79 Å². The van der Waals surface area contributed by atoms with Gasteiger partial charge >= 0.3 is 6.09 Å². The molecule has 0 unspecified atom stereocenters. The molecule has 0 saturated heterocycles. The van der Waals surface area contributed by atoms with Crippen LogP contribution in [-0.4, -0.2) is 54.6 Å². The van der Waals surface area contributed by atoms with Crippen molar-refractivity contribution in [1.82, 2.24) is 21.5 Å². The first-order valence-electron chi connectivity index (χ1n) is 12.4. The summed E-state index contributed by atoms with van der Waals surface area (Å²) in [6.07, 6.45) is 0.111. The van der Waals surface area contributed by atoms with Crippen LogP contribution < -0.4 is 21.5 Å². The van der Waals surface area contributed by atoms with E-state index in [1.807, 2.05) is 13.8 Å². The van der Waals surface area contributed by atoms with Gasteiger partial charge in [-0.05, 0) is 64.4 Å². The van der Waals surface area contributed by atoms with E-state index in [-0.39, 0.29) is 23.2 Å². The number of amides is 3. The lowest BCUT2D eigenvalue weighted by molar-refractivity contribution is -0.130. The van der Waals surface area contributed by atoms with Gasteiger partial charge in [-0.25, -0.2) is 10.2 Å². The fourth-order valence-electron chi connectivity index (χ4n) is 3.61. The predicted octanol–water partition coefficient (Wildman–Crippen LogP) is 3.04. The van der Waals surface area contributed by atoms with Gasteiger partial charge in [0, 0.05) is 0 Å². The highest BCUT2D eigenvalue weighted by Crippen LogP contribution is 2.25. The molecular weight excluding hydrogens is 488 g/mol. The Hall–Kier alpha value is -2.18. The summed E-state index contributed by atoms with van der Waals surface area (Å²) in [6, 6.07) is -2.44. The Balaban J connectivity index is 5.57. The topological polar surface area (TPSA) is 163 Å². The van der Waals surface area contributed by atoms with Crippen molar-refractivity contribution in [2.45, 2.75) is 112 Å². The van der Waals surface area contributed by atoms with Gasteiger partial charge in [0.2, 0.25) is 11.8 Å². The minimum atomic E-state index is -4.42. The second kappa shape index (κ2) is 14.5. The van der Waals surface area contributed by atoms with Crippen LogP contribution in [0.5, 0.6) is 0 Å². The molecule has 0 rings (SSSR count). The summed E-state index contributed by atoms with van der Waals surface area (Å²) in [5, 5.41) is 5.47. The number of allylic oxidation sites excluding steroid dienone is 1. The van der Waals surface area contributed by atoms with Crippen molar-refractivity contribution in [1.29, 1.82) is 0 Å². The second-order valence-electron chi connectivity index (χ2n) is 10.5. The van der Waals surface area contributed by atoms with Crippen LogP contribution >= 0.6 is 0 Å². The molecule has 210 valence electrons. The van der Waals surface area contributed by atoms with E-state index in [1.54, 1.807) is 48.5 Å². The van der Waals surface area contributed by atoms with Gasteiger partial charge in [0.15, 0.2) is 0 Å². The van der Waals surface area contributed by atoms with Crippen LogP contribution in [0.1, 0.15) is 88.5 Å². The highest BCUT2D eigenvalue weighted by atomic mass is 32.2. The fraction of sp³-hybridized carbons (Fsp3) is 0.792. The number of hydrogen-bond donors (Lipinski definition) is 5. The Bertz CT molecular complexity index is 893. The van der Waals surface area contributed by atoms with Crippen LogP contribution in [0.25, 0.3) is 0 Å². The SMILES string of the molecule is CC/C(=C(/CC)S(=O)(=O)O)[C@H](CC(C)C)NC(=O)[C@H](C)NC(=O)[C@@H](NNC(=O)OC(C)(C)C)C(C)C. The van der Waals surface area contributed by atoms with Gasteiger partial charge in [-0.3, -0.25) is 19.6 Å². The Labute approximate surface area is 216 Å². The van der Waals surface area contributed by atoms with Crippen LogP contribution in [0.15, 0.2) is 10.5 Å². The molecule has 5 N–H and O–H groups in total. The maximum absolute atomic E-state index is 13.0. The molecule has 11 nitrogen and oxygen atoms in total. The molecule has 36 heavy (non-hydrogen) atoms. The van der Waals surface area contributed by atoms with Gasteiger partial charge in [0.1, 0.15) is 17.7 Å². The maximum Gasteiger partial charge on any atom is 0.422 e. The zero-order valence-electron chi connectivity index (χ0n) is 23.3. The van der Waals surface area contributed by atoms with Crippen molar-refractivity contribution in [3.63, 3.8) is 0 Å². The van der Waals surface area contributed by atoms with E-state index in [1.165, 1.54) is 6.92 Å². The van der Waals surface area contributed by atoms with Crippen molar-refractivity contribution < 1.29 is 32.1 Å². The predicted molar refractivity (Wildman–Crippen MR) is 139 cm³/mol. The van der Waals surface area contributed by atoms with E-state index in [9.17, 15) is 27.4 Å². The number of nitrogens with one attached hydrogen (secondary N) is 4. The quantitative estimate of drug-likeness (QED) is 0.178. The summed E-state index contributed by atoms with van der Waals surface area (Å²) in [7, 11) is -4.42. The first-order chi connectivity index (χ1) is 16.3. The van der Waals surface area contributed by atoms with Crippen LogP contribution in [-0.2, 0) is 24.4 Å². The zero-order valence-corrected chi connectivity index (χ0v) is 24.1. The summed E-state index contributed by atoms with van der Waals surface area (Å²) in [4.78, 5) is 37.7. The molecular formula is C24H46N4O7S. The number of hydrazine groups is 1. The summed E-state index contributed by atoms with van der Waals surface area (Å²) < 4.78 is 38.7. The van der Waals surface area contributed by atoms with Crippen molar-refractivity contribution in [3.8, 4) is 0 Å². The molecule has 0 aliphatic rings. The molecule has 0 aromatic rings. The van der Waals surface area contributed by atoms with Crippen LogP contribution in [0.2, 0.25) is 0 Å². The summed E-state index contributed by atoms with van der Waals surface area (Å²) in [6.45, 7) is 17.5. The molecule has 3 atom stereocenters. The molecule has 0 heterocycles. The molecule has 0 fully saturated rings. The third-order valence-electron chi connectivity index (χ3n) is 5.25. The fourth-order valence-corrected chi connectivity index (χ4v) is 4.60. The molecule has 0 aliphatic carbocycles. The summed E-state index contributed by atoms with van der Waals surface area (Å²) in [5.74, 6) is -1.13. The average molecular weight is 535 g/mol. The van der Waals surface area contributed by atoms with Gasteiger partial charge in [-0.1, -0.05) is 41.5 Å². The van der Waals surface area contributed by atoms with E-state index in [0.29, 0.717) is 18.4 Å². The van der Waals surface area contributed by atoms with Crippen molar-refractivity contribution in [2.24, 2.45) is 11.8 Å². The molecule has 3 amide bonds. The Kier molecular flexibility index (Phi) is 13.7. The Morgan fingerprint density at radius 3 is 1.86 bits per heavy atom. The van der Waals surface area contributed by atoms with Gasteiger partial charge in [-0.15, -0.1) is 0 Å². The molecule has 0 aliphatic heterocycles. The van der Waals surface area contributed by atoms with Crippen molar-refractivity contribution in [2.75, 3.05) is 0 Å². The standard InChI is InChI=1S/C24H46N4O7S/c1-11-17(19(12-2)36(32,33)34)18(13-14(3)4)26-21(29)16(7)25-22(30)20(15(5)6)27-28-23(31)35-24(8,9)10/h14-16,18,20,27H,11-13H2,1-10H3,(H,25,30)(H,26,29)(H,28,31)(H,32,33,34)/b19-17+/t16-,18-,20-/m0/s1. The third kappa shape index (κ3) is 12.2. The number of hydrogen-bond acceptors (Lipinski definition) is 7. The molecule has 0 aromatic heterocycles. The van der Waals surface area contributed by atoms with Gasteiger partial charge in [0.25, 0.3) is 10.1 Å². The van der Waals surface area contributed by atoms with E-state index in [4.69, 9.17) is 4.74 Å². The van der Waals surface area contributed by atoms with Crippen LogP contribution in [0, 0.1) is 11.8 Å². The number of carbonyl (C=O) groups is 3. The number of carbonyl (C=O) groups excluding carboxylic acids is 3. The monoisotopic (exact) mass is 534 g/mol. The summed E-state index contributed by atoms with van der Waals surface area (Å²) >= 11 is 0. The molecule has 0 spiro atoms. The molecule has 0 radical (unpaired) electrons. The van der Waals surface area contributed by atoms with Gasteiger partial charge < -0.3 is 15.4 Å². The average Bonchev–Trinajstić information content (AvgIpc) is 2.68. The maximum atomic E-state index is 13.0. The first-order valence-corrected chi connectivity index (χ1v) is 13.8. The largest absolute Gasteiger partial charge is 0.443 e. The highest BCUT2D eigenvalue weighted by Gasteiger charge is 2.29. The Morgan fingerprint density at radius 2 is 1.47 bits per heavy atom. The normalized spacial score (nSPS) is 15.6. The smallest absolute Gasteiger partial charge is 0.422 e. The van der Waals surface area contributed by atoms with E-state index in [2.05, 4.69) is 21.5 Å². The lowest BCUT2D eigenvalue weighted by atomic mass is 9.94. The van der Waals surface area contributed by atoms with Crippen molar-refractivity contribution in [3.05, 3.63) is 10.5 Å². The van der Waals surface area contributed by atoms with Crippen molar-refractivity contribution >= 4 is 28.0 Å². The second-order valence-corrected chi connectivity index (χ2v) is 12.0. The minimum Gasteiger partial charge on any atom is -0.443 e. The minimum absolute atomic E-state index is 0.0884. The molecule has 12 heteroatoms. The molecule has 0 aromatic carbocycles. The first kappa shape index (κ1) is 33.8. The highest BCUT2D eigenvalue weighted by molar-refractivity contribution is 7.89. The van der Waals surface area contributed by atoms with E-state index >= 15 is 0 Å². The van der Waals surface area contributed by atoms with E-state index < -0.39 is 51.8 Å². The zero-order chi connectivity index (χ0) is 28.4. The third-order valence-corrected chi connectivity index (χ3v) is 6.42. The number of ether oxygens (including phenoxy) is 1. The van der Waals surface area contributed by atoms with Gasteiger partial charge in [-0.2, -0.15) is 8.42 Å². The summed E-state index contributed by atoms with van der Waals surface area (Å²) in [5.41, 5.74) is 4.73. The lowest BCUT2D eigenvalue weighted by Crippen LogP contribution is -2.58. The van der Waals surface area contributed by atoms with Crippen LogP contribution in [0.3, 0.4) is 0 Å². The van der Waals surface area contributed by atoms with Gasteiger partial charge in [0.05, 0.1) is 10.9 Å². The molecule has 0 bridgehead atoms.